The first kappa shape index (κ1) is 13.1. The van der Waals surface area contributed by atoms with Gasteiger partial charge in [-0.2, -0.15) is 0 Å². The molecule has 4 heteroatoms. The first-order valence-corrected chi connectivity index (χ1v) is 6.17. The zero-order valence-electron chi connectivity index (χ0n) is 10.6. The van der Waals surface area contributed by atoms with Crippen molar-refractivity contribution in [3.8, 4) is 5.75 Å². The summed E-state index contributed by atoms with van der Waals surface area (Å²) in [4.78, 5) is 11.8. The summed E-state index contributed by atoms with van der Waals surface area (Å²) in [5, 5.41) is 9.89. The Hall–Kier alpha value is -1.39. The Kier molecular flexibility index (Phi) is 4.33. The topological polar surface area (TPSA) is 55.8 Å². The van der Waals surface area contributed by atoms with Crippen molar-refractivity contribution in [3.05, 3.63) is 28.8 Å². The Morgan fingerprint density at radius 3 is 2.89 bits per heavy atom. The molecule has 1 aliphatic carbocycles. The Balaban J connectivity index is 2.17. The van der Waals surface area contributed by atoms with Crippen molar-refractivity contribution < 1.29 is 19.4 Å². The summed E-state index contributed by atoms with van der Waals surface area (Å²) in [6.07, 6.45) is 2.28. The number of phenols is 1. The highest BCUT2D eigenvalue weighted by molar-refractivity contribution is 5.99. The second kappa shape index (κ2) is 5.98. The highest BCUT2D eigenvalue weighted by Crippen LogP contribution is 2.30. The van der Waals surface area contributed by atoms with Crippen LogP contribution in [0.5, 0.6) is 5.75 Å². The fourth-order valence-corrected chi connectivity index (χ4v) is 2.27. The molecule has 0 bridgehead atoms. The van der Waals surface area contributed by atoms with E-state index >= 15 is 0 Å². The molecule has 1 aliphatic rings. The van der Waals surface area contributed by atoms with Crippen molar-refractivity contribution >= 4 is 5.78 Å². The monoisotopic (exact) mass is 250 g/mol. The van der Waals surface area contributed by atoms with Crippen LogP contribution in [0.3, 0.4) is 0 Å². The maximum Gasteiger partial charge on any atom is 0.163 e. The average molecular weight is 250 g/mol. The molecule has 0 unspecified atom stereocenters. The molecule has 0 saturated heterocycles. The summed E-state index contributed by atoms with van der Waals surface area (Å²) in [7, 11) is 1.61. The van der Waals surface area contributed by atoms with Gasteiger partial charge in [0.15, 0.2) is 5.78 Å². The van der Waals surface area contributed by atoms with Gasteiger partial charge >= 0.3 is 0 Å². The van der Waals surface area contributed by atoms with E-state index in [1.807, 2.05) is 0 Å². The number of ketones is 1. The smallest absolute Gasteiger partial charge is 0.163 e. The van der Waals surface area contributed by atoms with Crippen LogP contribution in [0.25, 0.3) is 0 Å². The predicted octanol–water partition coefficient (Wildman–Crippen LogP) is 2.07. The number of ether oxygens (including phenoxy) is 2. The van der Waals surface area contributed by atoms with Crippen LogP contribution >= 0.6 is 0 Å². The summed E-state index contributed by atoms with van der Waals surface area (Å²) in [6.45, 7) is 1.33. The number of carbonyl (C=O) groups excluding carboxylic acids is 1. The number of Topliss-reactive ketones (excluding diaryl/α,β-unsaturated/α-hetero) is 1. The van der Waals surface area contributed by atoms with E-state index < -0.39 is 0 Å². The fourth-order valence-electron chi connectivity index (χ4n) is 2.27. The Morgan fingerprint density at radius 1 is 1.28 bits per heavy atom. The van der Waals surface area contributed by atoms with Crippen LogP contribution < -0.4 is 0 Å². The number of hydrogen-bond acceptors (Lipinski definition) is 4. The number of hydrogen-bond donors (Lipinski definition) is 1. The number of rotatable bonds is 5. The van der Waals surface area contributed by atoms with Gasteiger partial charge in [0, 0.05) is 24.7 Å². The summed E-state index contributed by atoms with van der Waals surface area (Å²) in [6, 6.07) is 3.29. The molecule has 0 fully saturated rings. The van der Waals surface area contributed by atoms with Gasteiger partial charge in [-0.25, -0.2) is 0 Å². The molecule has 0 radical (unpaired) electrons. The lowest BCUT2D eigenvalue weighted by molar-refractivity contribution is 0.0604. The van der Waals surface area contributed by atoms with Gasteiger partial charge in [-0.15, -0.1) is 0 Å². The van der Waals surface area contributed by atoms with Gasteiger partial charge in [0.05, 0.1) is 19.8 Å². The Bertz CT molecular complexity index is 440. The molecule has 18 heavy (non-hydrogen) atoms. The minimum absolute atomic E-state index is 0.161. The minimum atomic E-state index is 0.161. The van der Waals surface area contributed by atoms with E-state index in [9.17, 15) is 9.90 Å². The second-order valence-electron chi connectivity index (χ2n) is 4.41. The average Bonchev–Trinajstić information content (AvgIpc) is 2.37. The van der Waals surface area contributed by atoms with Gasteiger partial charge in [0.1, 0.15) is 5.75 Å². The van der Waals surface area contributed by atoms with Crippen molar-refractivity contribution in [2.75, 3.05) is 20.3 Å². The summed E-state index contributed by atoms with van der Waals surface area (Å²) in [5.41, 5.74) is 2.43. The summed E-state index contributed by atoms with van der Waals surface area (Å²) >= 11 is 0. The van der Waals surface area contributed by atoms with Crippen LogP contribution in [-0.4, -0.2) is 31.2 Å². The molecule has 0 saturated carbocycles. The summed E-state index contributed by atoms with van der Waals surface area (Å²) < 4.78 is 10.3. The summed E-state index contributed by atoms with van der Waals surface area (Å²) in [5.74, 6) is 0.371. The maximum absolute atomic E-state index is 11.8. The van der Waals surface area contributed by atoms with E-state index in [0.29, 0.717) is 26.2 Å². The molecule has 2 rings (SSSR count). The maximum atomic E-state index is 11.8. The van der Waals surface area contributed by atoms with E-state index in [4.69, 9.17) is 9.47 Å². The van der Waals surface area contributed by atoms with Crippen LogP contribution in [0.15, 0.2) is 12.1 Å². The number of phenolic OH excluding ortho intramolecular Hbond substituents is 1. The van der Waals surface area contributed by atoms with Crippen molar-refractivity contribution in [2.24, 2.45) is 0 Å². The van der Waals surface area contributed by atoms with Gasteiger partial charge in [0.25, 0.3) is 0 Å². The number of fused-ring (bicyclic) bond motifs is 1. The van der Waals surface area contributed by atoms with E-state index in [1.54, 1.807) is 19.2 Å². The van der Waals surface area contributed by atoms with Crippen molar-refractivity contribution in [2.45, 2.75) is 25.9 Å². The van der Waals surface area contributed by atoms with Gasteiger partial charge in [-0.05, 0) is 30.5 Å². The third-order valence-corrected chi connectivity index (χ3v) is 3.22. The van der Waals surface area contributed by atoms with Gasteiger partial charge in [-0.1, -0.05) is 0 Å². The van der Waals surface area contributed by atoms with E-state index in [0.717, 1.165) is 29.5 Å². The number of aromatic hydroxyl groups is 1. The van der Waals surface area contributed by atoms with Crippen LogP contribution in [0, 0.1) is 0 Å². The zero-order chi connectivity index (χ0) is 13.0. The minimum Gasteiger partial charge on any atom is -0.508 e. The first-order valence-electron chi connectivity index (χ1n) is 6.17. The molecule has 98 valence electrons. The standard InChI is InChI=1S/C14H18O4/c1-17-7-8-18-9-12-10-3-2-4-13(15)11(10)5-6-14(12)16/h5-6,16H,2-4,7-9H2,1H3. The first-order chi connectivity index (χ1) is 8.74. The van der Waals surface area contributed by atoms with Crippen LogP contribution in [-0.2, 0) is 22.5 Å². The highest BCUT2D eigenvalue weighted by atomic mass is 16.5. The van der Waals surface area contributed by atoms with Gasteiger partial charge in [0.2, 0.25) is 0 Å². The van der Waals surface area contributed by atoms with Crippen molar-refractivity contribution in [1.29, 1.82) is 0 Å². The molecule has 1 N–H and O–H groups in total. The molecule has 1 aromatic carbocycles. The normalized spacial score (nSPS) is 14.6. The SMILES string of the molecule is COCCOCc1c(O)ccc2c1CCCC2=O. The number of methoxy groups -OCH3 is 1. The lowest BCUT2D eigenvalue weighted by Gasteiger charge is -2.19. The molecule has 4 nitrogen and oxygen atoms in total. The van der Waals surface area contributed by atoms with Crippen LogP contribution in [0.2, 0.25) is 0 Å². The fraction of sp³-hybridized carbons (Fsp3) is 0.500. The molecular weight excluding hydrogens is 232 g/mol. The quantitative estimate of drug-likeness (QED) is 0.813. The van der Waals surface area contributed by atoms with Crippen molar-refractivity contribution in [3.63, 3.8) is 0 Å². The molecule has 0 aliphatic heterocycles. The lowest BCUT2D eigenvalue weighted by Crippen LogP contribution is -2.14. The predicted molar refractivity (Wildman–Crippen MR) is 66.9 cm³/mol. The van der Waals surface area contributed by atoms with Gasteiger partial charge < -0.3 is 14.6 Å². The number of benzene rings is 1. The molecular formula is C14H18O4. The third-order valence-electron chi connectivity index (χ3n) is 3.22. The Labute approximate surface area is 107 Å². The van der Waals surface area contributed by atoms with Crippen LogP contribution in [0.4, 0.5) is 0 Å². The second-order valence-corrected chi connectivity index (χ2v) is 4.41. The van der Waals surface area contributed by atoms with E-state index in [-0.39, 0.29) is 11.5 Å². The zero-order valence-corrected chi connectivity index (χ0v) is 10.6. The van der Waals surface area contributed by atoms with E-state index in [1.165, 1.54) is 0 Å². The van der Waals surface area contributed by atoms with E-state index in [2.05, 4.69) is 0 Å². The highest BCUT2D eigenvalue weighted by Gasteiger charge is 2.21. The Morgan fingerprint density at radius 2 is 2.11 bits per heavy atom. The molecule has 0 aromatic heterocycles. The van der Waals surface area contributed by atoms with Crippen molar-refractivity contribution in [1.82, 2.24) is 0 Å². The number of carbonyl (C=O) groups is 1. The molecule has 0 heterocycles. The van der Waals surface area contributed by atoms with Crippen LogP contribution in [0.1, 0.15) is 34.3 Å². The molecule has 0 atom stereocenters. The largest absolute Gasteiger partial charge is 0.508 e. The molecule has 0 amide bonds. The third kappa shape index (κ3) is 2.71. The molecule has 1 aromatic rings. The van der Waals surface area contributed by atoms with Gasteiger partial charge in [-0.3, -0.25) is 4.79 Å². The molecule has 0 spiro atoms. The lowest BCUT2D eigenvalue weighted by atomic mass is 9.87.